The molecule has 0 fully saturated rings. The summed E-state index contributed by atoms with van der Waals surface area (Å²) in [5, 5.41) is 18.8. The number of ether oxygens (including phenoxy) is 2. The monoisotopic (exact) mass is 266 g/mol. The summed E-state index contributed by atoms with van der Waals surface area (Å²) in [6.07, 6.45) is -0.224. The molecule has 5 nitrogen and oxygen atoms in total. The van der Waals surface area contributed by atoms with Crippen molar-refractivity contribution in [1.82, 2.24) is 0 Å². The van der Waals surface area contributed by atoms with Crippen LogP contribution >= 0.6 is 0 Å². The minimum absolute atomic E-state index is 0.0572. The first-order chi connectivity index (χ1) is 9.06. The van der Waals surface area contributed by atoms with Crippen LogP contribution in [0.3, 0.4) is 0 Å². The first kappa shape index (κ1) is 13.7. The Kier molecular flexibility index (Phi) is 4.27. The topological polar surface area (TPSA) is 76.0 Å². The number of carbonyl (C=O) groups is 1. The van der Waals surface area contributed by atoms with Gasteiger partial charge in [-0.15, -0.1) is 0 Å². The Labute approximate surface area is 111 Å². The number of hydrogen-bond donors (Lipinski definition) is 2. The lowest BCUT2D eigenvalue weighted by atomic mass is 9.95. The van der Waals surface area contributed by atoms with E-state index in [4.69, 9.17) is 14.6 Å². The van der Waals surface area contributed by atoms with Gasteiger partial charge in [0.2, 0.25) is 0 Å². The van der Waals surface area contributed by atoms with Gasteiger partial charge in [0.25, 0.3) is 0 Å². The highest BCUT2D eigenvalue weighted by atomic mass is 16.6. The Bertz CT molecular complexity index is 457. The van der Waals surface area contributed by atoms with Gasteiger partial charge in [-0.2, -0.15) is 0 Å². The van der Waals surface area contributed by atoms with Crippen LogP contribution in [0.2, 0.25) is 0 Å². The second-order valence-electron chi connectivity index (χ2n) is 4.86. The number of hydrogen-bond acceptors (Lipinski definition) is 4. The van der Waals surface area contributed by atoms with Gasteiger partial charge < -0.3 is 19.7 Å². The number of fused-ring (bicyclic) bond motifs is 1. The number of rotatable bonds is 5. The minimum atomic E-state index is -0.845. The smallest absolute Gasteiger partial charge is 0.303 e. The molecule has 1 aromatic rings. The quantitative estimate of drug-likeness (QED) is 0.852. The van der Waals surface area contributed by atoms with E-state index >= 15 is 0 Å². The highest BCUT2D eigenvalue weighted by molar-refractivity contribution is 5.66. The summed E-state index contributed by atoms with van der Waals surface area (Å²) in [6.45, 7) is 2.85. The fourth-order valence-corrected chi connectivity index (χ4v) is 2.17. The van der Waals surface area contributed by atoms with Crippen molar-refractivity contribution in [3.05, 3.63) is 23.8 Å². The molecular formula is C14H18O5. The molecule has 1 aliphatic rings. The minimum Gasteiger partial charge on any atom is -0.486 e. The van der Waals surface area contributed by atoms with E-state index in [-0.39, 0.29) is 12.3 Å². The van der Waals surface area contributed by atoms with Gasteiger partial charge >= 0.3 is 5.97 Å². The lowest BCUT2D eigenvalue weighted by Crippen LogP contribution is -2.16. The van der Waals surface area contributed by atoms with E-state index in [1.165, 1.54) is 0 Å². The predicted molar refractivity (Wildman–Crippen MR) is 68.4 cm³/mol. The molecule has 5 heteroatoms. The van der Waals surface area contributed by atoms with Gasteiger partial charge in [0.15, 0.2) is 11.5 Å². The summed E-state index contributed by atoms with van der Waals surface area (Å²) in [4.78, 5) is 10.6. The van der Waals surface area contributed by atoms with Crippen LogP contribution in [0, 0.1) is 5.92 Å². The van der Waals surface area contributed by atoms with E-state index in [9.17, 15) is 9.90 Å². The van der Waals surface area contributed by atoms with Gasteiger partial charge in [-0.05, 0) is 30.0 Å². The lowest BCUT2D eigenvalue weighted by molar-refractivity contribution is -0.138. The van der Waals surface area contributed by atoms with Crippen molar-refractivity contribution in [2.45, 2.75) is 25.9 Å². The average molecular weight is 266 g/mol. The van der Waals surface area contributed by atoms with Gasteiger partial charge in [-0.25, -0.2) is 0 Å². The molecule has 2 N–H and O–H groups in total. The number of benzene rings is 1. The van der Waals surface area contributed by atoms with Crippen LogP contribution in [-0.4, -0.2) is 29.4 Å². The fourth-order valence-electron chi connectivity index (χ4n) is 2.17. The molecule has 2 rings (SSSR count). The summed E-state index contributed by atoms with van der Waals surface area (Å²) in [7, 11) is 0. The van der Waals surface area contributed by atoms with Crippen molar-refractivity contribution in [2.24, 2.45) is 5.92 Å². The van der Waals surface area contributed by atoms with Gasteiger partial charge in [0, 0.05) is 6.42 Å². The van der Waals surface area contributed by atoms with Crippen LogP contribution in [-0.2, 0) is 4.79 Å². The molecule has 0 spiro atoms. The van der Waals surface area contributed by atoms with Crippen molar-refractivity contribution in [1.29, 1.82) is 0 Å². The van der Waals surface area contributed by atoms with Crippen LogP contribution in [0.4, 0.5) is 0 Å². The molecule has 104 valence electrons. The SMILES string of the molecule is CC(CC(=O)O)CC(O)c1ccc2c(c1)OCCO2. The molecule has 2 unspecified atom stereocenters. The Morgan fingerprint density at radius 3 is 2.68 bits per heavy atom. The van der Waals surface area contributed by atoms with Gasteiger partial charge in [-0.3, -0.25) is 4.79 Å². The molecule has 1 heterocycles. The molecule has 0 amide bonds. The molecule has 2 atom stereocenters. The van der Waals surface area contributed by atoms with E-state index < -0.39 is 12.1 Å². The zero-order valence-corrected chi connectivity index (χ0v) is 10.8. The molecule has 19 heavy (non-hydrogen) atoms. The van der Waals surface area contributed by atoms with Crippen molar-refractivity contribution >= 4 is 5.97 Å². The van der Waals surface area contributed by atoms with E-state index in [2.05, 4.69) is 0 Å². The molecular weight excluding hydrogens is 248 g/mol. The molecule has 1 aromatic carbocycles. The average Bonchev–Trinajstić information content (AvgIpc) is 2.37. The van der Waals surface area contributed by atoms with Gasteiger partial charge in [-0.1, -0.05) is 13.0 Å². The third-order valence-electron chi connectivity index (χ3n) is 3.10. The number of carboxylic acids is 1. The third-order valence-corrected chi connectivity index (χ3v) is 3.10. The zero-order valence-electron chi connectivity index (χ0n) is 10.8. The number of aliphatic carboxylic acids is 1. The number of aliphatic hydroxyl groups is 1. The highest BCUT2D eigenvalue weighted by Crippen LogP contribution is 2.34. The van der Waals surface area contributed by atoms with Crippen molar-refractivity contribution < 1.29 is 24.5 Å². The van der Waals surface area contributed by atoms with Crippen LogP contribution in [0.15, 0.2) is 18.2 Å². The maximum absolute atomic E-state index is 10.6. The Morgan fingerprint density at radius 2 is 2.00 bits per heavy atom. The maximum atomic E-state index is 10.6. The van der Waals surface area contributed by atoms with Crippen LogP contribution in [0.25, 0.3) is 0 Å². The molecule has 0 bridgehead atoms. The van der Waals surface area contributed by atoms with E-state index in [0.29, 0.717) is 31.1 Å². The third kappa shape index (κ3) is 3.61. The normalized spacial score (nSPS) is 16.7. The molecule has 0 saturated heterocycles. The largest absolute Gasteiger partial charge is 0.486 e. The molecule has 0 aliphatic carbocycles. The molecule has 1 aliphatic heterocycles. The van der Waals surface area contributed by atoms with Crippen LogP contribution in [0.1, 0.15) is 31.4 Å². The maximum Gasteiger partial charge on any atom is 0.303 e. The van der Waals surface area contributed by atoms with E-state index in [1.807, 2.05) is 6.92 Å². The van der Waals surface area contributed by atoms with Gasteiger partial charge in [0.05, 0.1) is 6.10 Å². The lowest BCUT2D eigenvalue weighted by Gasteiger charge is -2.21. The van der Waals surface area contributed by atoms with E-state index in [0.717, 1.165) is 5.56 Å². The van der Waals surface area contributed by atoms with Crippen LogP contribution < -0.4 is 9.47 Å². The number of carboxylic acid groups (broad SMARTS) is 1. The zero-order chi connectivity index (χ0) is 13.8. The van der Waals surface area contributed by atoms with Crippen molar-refractivity contribution in [3.63, 3.8) is 0 Å². The van der Waals surface area contributed by atoms with Crippen LogP contribution in [0.5, 0.6) is 11.5 Å². The van der Waals surface area contributed by atoms with Crippen molar-refractivity contribution in [2.75, 3.05) is 13.2 Å². The summed E-state index contributed by atoms with van der Waals surface area (Å²) in [6, 6.07) is 5.31. The Morgan fingerprint density at radius 1 is 1.32 bits per heavy atom. The van der Waals surface area contributed by atoms with Crippen molar-refractivity contribution in [3.8, 4) is 11.5 Å². The molecule has 0 aromatic heterocycles. The summed E-state index contributed by atoms with van der Waals surface area (Å²) >= 11 is 0. The molecule has 0 radical (unpaired) electrons. The predicted octanol–water partition coefficient (Wildman–Crippen LogP) is 1.99. The number of aliphatic hydroxyl groups excluding tert-OH is 1. The standard InChI is InChI=1S/C14H18O5/c1-9(7-14(16)17)6-11(15)10-2-3-12-13(8-10)19-5-4-18-12/h2-3,8-9,11,15H,4-7H2,1H3,(H,16,17). The summed E-state index contributed by atoms with van der Waals surface area (Å²) in [5.41, 5.74) is 0.724. The summed E-state index contributed by atoms with van der Waals surface area (Å²) in [5.74, 6) is 0.386. The second kappa shape index (κ2) is 5.93. The Hall–Kier alpha value is -1.75. The van der Waals surface area contributed by atoms with E-state index in [1.54, 1.807) is 18.2 Å². The molecule has 0 saturated carbocycles. The fraction of sp³-hybridized carbons (Fsp3) is 0.500. The second-order valence-corrected chi connectivity index (χ2v) is 4.86. The first-order valence-corrected chi connectivity index (χ1v) is 6.35. The van der Waals surface area contributed by atoms with Gasteiger partial charge in [0.1, 0.15) is 13.2 Å². The first-order valence-electron chi connectivity index (χ1n) is 6.35. The Balaban J connectivity index is 2.02. The summed E-state index contributed by atoms with van der Waals surface area (Å²) < 4.78 is 10.9. The highest BCUT2D eigenvalue weighted by Gasteiger charge is 2.18.